The van der Waals surface area contributed by atoms with Crippen LogP contribution in [0.2, 0.25) is 5.15 Å². The summed E-state index contributed by atoms with van der Waals surface area (Å²) in [6.07, 6.45) is 2.05. The molecule has 84 valence electrons. The number of aromatic nitrogens is 1. The third-order valence-electron chi connectivity index (χ3n) is 1.54. The molecule has 1 aromatic rings. The summed E-state index contributed by atoms with van der Waals surface area (Å²) in [4.78, 5) is 3.81. The molecule has 1 heterocycles. The molecule has 0 bridgehead atoms. The fourth-order valence-corrected chi connectivity index (χ4v) is 2.65. The molecule has 0 saturated heterocycles. The molecule has 0 radical (unpaired) electrons. The Balaban J connectivity index is 2.94. The topological polar surface area (TPSA) is 59.1 Å². The van der Waals surface area contributed by atoms with Gasteiger partial charge in [-0.25, -0.2) is 13.4 Å². The van der Waals surface area contributed by atoms with Crippen molar-refractivity contribution in [2.75, 3.05) is 10.5 Å². The summed E-state index contributed by atoms with van der Waals surface area (Å²) in [5.41, 5.74) is 0.291. The minimum Gasteiger partial charge on any atom is -0.280 e. The molecular weight excluding hydrogens is 304 g/mol. The smallest absolute Gasteiger partial charge is 0.232 e. The van der Waals surface area contributed by atoms with E-state index in [1.165, 1.54) is 6.20 Å². The second-order valence-electron chi connectivity index (χ2n) is 2.91. The van der Waals surface area contributed by atoms with Gasteiger partial charge in [-0.15, -0.1) is 0 Å². The third-order valence-corrected chi connectivity index (χ3v) is 3.76. The SMILES string of the molecule is CCCS(=O)(=O)Nc1cc(Br)cnc1Cl. The van der Waals surface area contributed by atoms with Gasteiger partial charge in [-0.3, -0.25) is 4.72 Å². The van der Waals surface area contributed by atoms with E-state index in [4.69, 9.17) is 11.6 Å². The summed E-state index contributed by atoms with van der Waals surface area (Å²) in [5, 5.41) is 0.137. The molecule has 0 spiro atoms. The summed E-state index contributed by atoms with van der Waals surface area (Å²) in [5.74, 6) is 0.0653. The standard InChI is InChI=1S/C8H10BrClN2O2S/c1-2-3-15(13,14)12-7-4-6(9)5-11-8(7)10/h4-5,12H,2-3H2,1H3. The summed E-state index contributed by atoms with van der Waals surface area (Å²) in [7, 11) is -3.32. The Labute approximate surface area is 102 Å². The van der Waals surface area contributed by atoms with Gasteiger partial charge in [0.15, 0.2) is 5.15 Å². The van der Waals surface area contributed by atoms with Crippen molar-refractivity contribution in [1.82, 2.24) is 4.98 Å². The summed E-state index contributed by atoms with van der Waals surface area (Å²) >= 11 is 8.93. The van der Waals surface area contributed by atoms with Crippen LogP contribution in [-0.4, -0.2) is 19.2 Å². The maximum atomic E-state index is 11.5. The molecule has 7 heteroatoms. The van der Waals surface area contributed by atoms with Crippen molar-refractivity contribution in [2.45, 2.75) is 13.3 Å². The van der Waals surface area contributed by atoms with Gasteiger partial charge in [-0.2, -0.15) is 0 Å². The zero-order chi connectivity index (χ0) is 11.5. The maximum Gasteiger partial charge on any atom is 0.232 e. The van der Waals surface area contributed by atoms with Crippen LogP contribution in [0, 0.1) is 0 Å². The maximum absolute atomic E-state index is 11.5. The Morgan fingerprint density at radius 3 is 2.87 bits per heavy atom. The van der Waals surface area contributed by atoms with Gasteiger partial charge in [0.1, 0.15) is 0 Å². The lowest BCUT2D eigenvalue weighted by molar-refractivity contribution is 0.600. The van der Waals surface area contributed by atoms with Crippen LogP contribution in [-0.2, 0) is 10.0 Å². The van der Waals surface area contributed by atoms with Crippen LogP contribution >= 0.6 is 27.5 Å². The number of hydrogen-bond acceptors (Lipinski definition) is 3. The van der Waals surface area contributed by atoms with Crippen LogP contribution in [0.5, 0.6) is 0 Å². The molecule has 0 aromatic carbocycles. The zero-order valence-electron chi connectivity index (χ0n) is 8.00. The molecule has 0 unspecified atom stereocenters. The van der Waals surface area contributed by atoms with E-state index >= 15 is 0 Å². The number of hydrogen-bond donors (Lipinski definition) is 1. The second kappa shape index (κ2) is 5.14. The molecular formula is C8H10BrClN2O2S. The molecule has 0 saturated carbocycles. The van der Waals surface area contributed by atoms with Gasteiger partial charge in [0.2, 0.25) is 10.0 Å². The monoisotopic (exact) mass is 312 g/mol. The Kier molecular flexibility index (Phi) is 4.36. The Morgan fingerprint density at radius 1 is 1.60 bits per heavy atom. The average molecular weight is 314 g/mol. The van der Waals surface area contributed by atoms with Gasteiger partial charge in [0, 0.05) is 10.7 Å². The highest BCUT2D eigenvalue weighted by Crippen LogP contribution is 2.23. The molecule has 1 rings (SSSR count). The first-order valence-corrected chi connectivity index (χ1v) is 7.08. The number of nitrogens with one attached hydrogen (secondary N) is 1. The highest BCUT2D eigenvalue weighted by atomic mass is 79.9. The Bertz CT molecular complexity index is 450. The lowest BCUT2D eigenvalue weighted by Crippen LogP contribution is -2.16. The van der Waals surface area contributed by atoms with Crippen molar-refractivity contribution < 1.29 is 8.42 Å². The van der Waals surface area contributed by atoms with Gasteiger partial charge in [0.25, 0.3) is 0 Å². The lowest BCUT2D eigenvalue weighted by Gasteiger charge is -2.08. The molecule has 0 atom stereocenters. The quantitative estimate of drug-likeness (QED) is 0.869. The highest BCUT2D eigenvalue weighted by Gasteiger charge is 2.11. The minimum atomic E-state index is -3.32. The average Bonchev–Trinajstić information content (AvgIpc) is 2.10. The van der Waals surface area contributed by atoms with Crippen molar-refractivity contribution in [3.63, 3.8) is 0 Å². The molecule has 0 aliphatic carbocycles. The van der Waals surface area contributed by atoms with Crippen LogP contribution in [0.25, 0.3) is 0 Å². The molecule has 1 N–H and O–H groups in total. The largest absolute Gasteiger partial charge is 0.280 e. The van der Waals surface area contributed by atoms with E-state index in [0.717, 1.165) is 0 Å². The van der Waals surface area contributed by atoms with E-state index in [9.17, 15) is 8.42 Å². The molecule has 0 amide bonds. The van der Waals surface area contributed by atoms with Crippen LogP contribution in [0.1, 0.15) is 13.3 Å². The van der Waals surface area contributed by atoms with E-state index in [2.05, 4.69) is 25.6 Å². The Morgan fingerprint density at radius 2 is 2.27 bits per heavy atom. The van der Waals surface area contributed by atoms with Crippen LogP contribution in [0.15, 0.2) is 16.7 Å². The van der Waals surface area contributed by atoms with Gasteiger partial charge in [-0.1, -0.05) is 18.5 Å². The first kappa shape index (κ1) is 12.7. The first-order valence-electron chi connectivity index (χ1n) is 4.26. The molecule has 1 aromatic heterocycles. The van der Waals surface area contributed by atoms with Gasteiger partial charge in [-0.05, 0) is 28.4 Å². The summed E-state index contributed by atoms with van der Waals surface area (Å²) in [6, 6.07) is 1.57. The van der Waals surface area contributed by atoms with Crippen molar-refractivity contribution in [2.24, 2.45) is 0 Å². The molecule has 0 aliphatic rings. The molecule has 0 aliphatic heterocycles. The predicted octanol–water partition coefficient (Wildman–Crippen LogP) is 2.65. The van der Waals surface area contributed by atoms with E-state index in [-0.39, 0.29) is 10.9 Å². The predicted molar refractivity (Wildman–Crippen MR) is 64.6 cm³/mol. The Hall–Kier alpha value is -0.330. The zero-order valence-corrected chi connectivity index (χ0v) is 11.2. The number of pyridine rings is 1. The fraction of sp³-hybridized carbons (Fsp3) is 0.375. The van der Waals surface area contributed by atoms with Crippen LogP contribution in [0.3, 0.4) is 0 Å². The van der Waals surface area contributed by atoms with Crippen molar-refractivity contribution in [3.05, 3.63) is 21.9 Å². The number of halogens is 2. The molecule has 4 nitrogen and oxygen atoms in total. The van der Waals surface area contributed by atoms with Gasteiger partial charge < -0.3 is 0 Å². The van der Waals surface area contributed by atoms with Gasteiger partial charge >= 0.3 is 0 Å². The third kappa shape index (κ3) is 3.96. The van der Waals surface area contributed by atoms with Crippen molar-refractivity contribution >= 4 is 43.2 Å². The number of sulfonamides is 1. The van der Waals surface area contributed by atoms with E-state index < -0.39 is 10.0 Å². The normalized spacial score (nSPS) is 11.4. The highest BCUT2D eigenvalue weighted by molar-refractivity contribution is 9.10. The lowest BCUT2D eigenvalue weighted by atomic mass is 10.4. The van der Waals surface area contributed by atoms with E-state index in [1.54, 1.807) is 13.0 Å². The number of rotatable bonds is 4. The number of anilines is 1. The summed E-state index contributed by atoms with van der Waals surface area (Å²) in [6.45, 7) is 1.79. The van der Waals surface area contributed by atoms with Crippen LogP contribution in [0.4, 0.5) is 5.69 Å². The van der Waals surface area contributed by atoms with E-state index in [1.807, 2.05) is 0 Å². The first-order chi connectivity index (χ1) is 6.94. The molecule has 0 fully saturated rings. The fourth-order valence-electron chi connectivity index (χ4n) is 0.981. The van der Waals surface area contributed by atoms with Crippen molar-refractivity contribution in [1.29, 1.82) is 0 Å². The second-order valence-corrected chi connectivity index (χ2v) is 6.03. The molecule has 15 heavy (non-hydrogen) atoms. The van der Waals surface area contributed by atoms with Crippen molar-refractivity contribution in [3.8, 4) is 0 Å². The van der Waals surface area contributed by atoms with E-state index in [0.29, 0.717) is 16.6 Å². The number of nitrogens with zero attached hydrogens (tertiary/aromatic N) is 1. The summed E-state index contributed by atoms with van der Waals surface area (Å²) < 4.78 is 25.9. The van der Waals surface area contributed by atoms with Crippen LogP contribution < -0.4 is 4.72 Å². The minimum absolute atomic E-state index is 0.0653. The van der Waals surface area contributed by atoms with Gasteiger partial charge in [0.05, 0.1) is 11.4 Å².